The lowest BCUT2D eigenvalue weighted by molar-refractivity contribution is -0.140. The molecular formula is C28H39N3O4S. The summed E-state index contributed by atoms with van der Waals surface area (Å²) >= 11 is 0. The van der Waals surface area contributed by atoms with Gasteiger partial charge in [-0.15, -0.1) is 0 Å². The lowest BCUT2D eigenvalue weighted by atomic mass is 10.1. The number of benzene rings is 2. The first-order chi connectivity index (χ1) is 17.1. The summed E-state index contributed by atoms with van der Waals surface area (Å²) in [4.78, 5) is 28.7. The van der Waals surface area contributed by atoms with E-state index >= 15 is 0 Å². The Kier molecular flexibility index (Phi) is 9.54. The summed E-state index contributed by atoms with van der Waals surface area (Å²) in [6, 6.07) is 14.4. The Labute approximate surface area is 215 Å². The molecule has 0 saturated heterocycles. The van der Waals surface area contributed by atoms with E-state index in [1.807, 2.05) is 57.2 Å². The van der Waals surface area contributed by atoms with E-state index in [-0.39, 0.29) is 25.0 Å². The molecule has 1 aliphatic rings. The zero-order chi connectivity index (χ0) is 26.3. The Bertz CT molecular complexity index is 1140. The van der Waals surface area contributed by atoms with Crippen LogP contribution in [0.5, 0.6) is 0 Å². The first-order valence-electron chi connectivity index (χ1n) is 12.8. The van der Waals surface area contributed by atoms with Gasteiger partial charge in [0.15, 0.2) is 0 Å². The minimum absolute atomic E-state index is 0.131. The van der Waals surface area contributed by atoms with E-state index in [4.69, 9.17) is 0 Å². The van der Waals surface area contributed by atoms with Crippen LogP contribution in [0.3, 0.4) is 0 Å². The predicted octanol–water partition coefficient (Wildman–Crippen LogP) is 4.19. The molecule has 0 bridgehead atoms. The third kappa shape index (κ3) is 7.09. The van der Waals surface area contributed by atoms with E-state index in [1.54, 1.807) is 17.0 Å². The molecule has 2 aromatic carbocycles. The van der Waals surface area contributed by atoms with Gasteiger partial charge in [0, 0.05) is 12.6 Å². The number of sulfonamides is 1. The summed E-state index contributed by atoms with van der Waals surface area (Å²) in [7, 11) is -3.73. The van der Waals surface area contributed by atoms with Gasteiger partial charge in [-0.2, -0.15) is 0 Å². The fraction of sp³-hybridized carbons (Fsp3) is 0.500. The summed E-state index contributed by atoms with van der Waals surface area (Å²) in [5.41, 5.74) is 3.45. The Morgan fingerprint density at radius 2 is 1.67 bits per heavy atom. The van der Waals surface area contributed by atoms with Crippen LogP contribution in [-0.2, 0) is 32.6 Å². The molecule has 3 rings (SSSR count). The number of hydrogen-bond acceptors (Lipinski definition) is 4. The molecule has 1 N–H and O–H groups in total. The number of nitrogens with one attached hydrogen (secondary N) is 1. The predicted molar refractivity (Wildman–Crippen MR) is 144 cm³/mol. The van der Waals surface area contributed by atoms with Crippen molar-refractivity contribution < 1.29 is 18.0 Å². The van der Waals surface area contributed by atoms with Gasteiger partial charge in [0.25, 0.3) is 0 Å². The van der Waals surface area contributed by atoms with Crippen molar-refractivity contribution >= 4 is 27.5 Å². The van der Waals surface area contributed by atoms with Crippen molar-refractivity contribution in [3.05, 3.63) is 65.2 Å². The number of rotatable bonds is 11. The average Bonchev–Trinajstić information content (AvgIpc) is 3.36. The Morgan fingerprint density at radius 3 is 2.22 bits per heavy atom. The maximum absolute atomic E-state index is 13.8. The zero-order valence-electron chi connectivity index (χ0n) is 21.9. The lowest BCUT2D eigenvalue weighted by Crippen LogP contribution is -2.53. The molecule has 36 heavy (non-hydrogen) atoms. The van der Waals surface area contributed by atoms with E-state index < -0.39 is 22.0 Å². The number of nitrogens with zero attached hydrogens (tertiary/aromatic N) is 2. The van der Waals surface area contributed by atoms with Gasteiger partial charge >= 0.3 is 0 Å². The normalized spacial score (nSPS) is 14.9. The van der Waals surface area contributed by atoms with E-state index in [1.165, 1.54) is 0 Å². The highest BCUT2D eigenvalue weighted by molar-refractivity contribution is 7.92. The van der Waals surface area contributed by atoms with Gasteiger partial charge in [0.1, 0.15) is 12.6 Å². The van der Waals surface area contributed by atoms with Gasteiger partial charge in [0.05, 0.1) is 11.9 Å². The summed E-state index contributed by atoms with van der Waals surface area (Å²) in [5.74, 6) is -0.582. The number of anilines is 1. The Hall–Kier alpha value is -2.87. The maximum atomic E-state index is 13.8. The molecule has 2 amide bonds. The van der Waals surface area contributed by atoms with Crippen LogP contribution in [-0.4, -0.2) is 50.0 Å². The van der Waals surface area contributed by atoms with Crippen molar-refractivity contribution in [3.8, 4) is 0 Å². The van der Waals surface area contributed by atoms with Crippen molar-refractivity contribution in [2.24, 2.45) is 0 Å². The van der Waals surface area contributed by atoms with Crippen molar-refractivity contribution in [1.82, 2.24) is 10.2 Å². The van der Waals surface area contributed by atoms with Crippen LogP contribution >= 0.6 is 0 Å². The van der Waals surface area contributed by atoms with Gasteiger partial charge in [-0.3, -0.25) is 13.9 Å². The van der Waals surface area contributed by atoms with Crippen molar-refractivity contribution in [1.29, 1.82) is 0 Å². The quantitative estimate of drug-likeness (QED) is 0.488. The molecule has 0 aromatic heterocycles. The molecule has 1 fully saturated rings. The Morgan fingerprint density at radius 1 is 1.03 bits per heavy atom. The van der Waals surface area contributed by atoms with Gasteiger partial charge in [0.2, 0.25) is 21.8 Å². The van der Waals surface area contributed by atoms with E-state index in [0.717, 1.165) is 59.4 Å². The first-order valence-corrected chi connectivity index (χ1v) is 14.7. The van der Waals surface area contributed by atoms with Gasteiger partial charge in [-0.25, -0.2) is 8.42 Å². The second-order valence-corrected chi connectivity index (χ2v) is 11.6. The van der Waals surface area contributed by atoms with Crippen LogP contribution in [0.1, 0.15) is 62.6 Å². The van der Waals surface area contributed by atoms with Gasteiger partial charge in [-0.05, 0) is 61.4 Å². The zero-order valence-corrected chi connectivity index (χ0v) is 22.7. The highest BCUT2D eigenvalue weighted by Gasteiger charge is 2.33. The van der Waals surface area contributed by atoms with Crippen molar-refractivity contribution in [3.63, 3.8) is 0 Å². The fourth-order valence-electron chi connectivity index (χ4n) is 4.77. The number of carbonyl (C=O) groups excluding carboxylic acids is 2. The molecule has 1 saturated carbocycles. The lowest BCUT2D eigenvalue weighted by Gasteiger charge is -2.33. The highest BCUT2D eigenvalue weighted by Crippen LogP contribution is 2.22. The second kappa shape index (κ2) is 12.4. The van der Waals surface area contributed by atoms with Crippen LogP contribution in [0.4, 0.5) is 5.69 Å². The second-order valence-electron chi connectivity index (χ2n) is 9.65. The van der Waals surface area contributed by atoms with Crippen LogP contribution in [0.15, 0.2) is 48.5 Å². The molecule has 1 aliphatic carbocycles. The smallest absolute Gasteiger partial charge is 0.244 e. The third-order valence-corrected chi connectivity index (χ3v) is 8.14. The largest absolute Gasteiger partial charge is 0.352 e. The van der Waals surface area contributed by atoms with Crippen LogP contribution in [0.2, 0.25) is 0 Å². The monoisotopic (exact) mass is 513 g/mol. The molecule has 0 unspecified atom stereocenters. The van der Waals surface area contributed by atoms with Gasteiger partial charge in [-0.1, -0.05) is 63.1 Å². The van der Waals surface area contributed by atoms with Gasteiger partial charge < -0.3 is 10.2 Å². The van der Waals surface area contributed by atoms with Crippen molar-refractivity contribution in [2.45, 2.75) is 77.9 Å². The molecule has 0 heterocycles. The summed E-state index contributed by atoms with van der Waals surface area (Å²) in [6.07, 6.45) is 6.44. The molecule has 1 atom stereocenters. The van der Waals surface area contributed by atoms with Crippen LogP contribution in [0.25, 0.3) is 0 Å². The number of aryl methyl sites for hydroxylation is 2. The molecule has 8 heteroatoms. The molecule has 0 radical (unpaired) electrons. The number of hydrogen-bond donors (Lipinski definition) is 1. The van der Waals surface area contributed by atoms with E-state index in [9.17, 15) is 18.0 Å². The molecule has 0 aliphatic heterocycles. The fourth-order valence-corrected chi connectivity index (χ4v) is 5.62. The molecular weight excluding hydrogens is 474 g/mol. The summed E-state index contributed by atoms with van der Waals surface area (Å²) in [5, 5.41) is 3.13. The summed E-state index contributed by atoms with van der Waals surface area (Å²) < 4.78 is 26.6. The topological polar surface area (TPSA) is 86.8 Å². The number of amides is 2. The Balaban J connectivity index is 1.92. The first kappa shape index (κ1) is 27.7. The minimum atomic E-state index is -3.73. The molecule has 0 spiro atoms. The SMILES string of the molecule is CCc1ccc(N(CC(=O)N(Cc2ccccc2C)[C@@H](CC)C(=O)NC2CCCC2)S(C)(=O)=O)cc1. The maximum Gasteiger partial charge on any atom is 0.244 e. The van der Waals surface area contributed by atoms with Crippen molar-refractivity contribution in [2.75, 3.05) is 17.1 Å². The minimum Gasteiger partial charge on any atom is -0.352 e. The standard InChI is InChI=1S/C28H39N3O4S/c1-5-22-15-17-25(18-16-22)31(36(4,34)35)20-27(32)30(19-23-12-8-7-11-21(23)3)26(6-2)28(33)29-24-13-9-10-14-24/h7-8,11-12,15-18,24,26H,5-6,9-10,13-14,19-20H2,1-4H3,(H,29,33)/t26-/m0/s1. The van der Waals surface area contributed by atoms with Crippen LogP contribution < -0.4 is 9.62 Å². The third-order valence-electron chi connectivity index (χ3n) is 7.00. The van der Waals surface area contributed by atoms with Crippen LogP contribution in [0, 0.1) is 6.92 Å². The highest BCUT2D eigenvalue weighted by atomic mass is 32.2. The number of carbonyl (C=O) groups is 2. The van der Waals surface area contributed by atoms with E-state index in [0.29, 0.717) is 12.1 Å². The molecule has 7 nitrogen and oxygen atoms in total. The summed E-state index contributed by atoms with van der Waals surface area (Å²) in [6.45, 7) is 5.74. The average molecular weight is 514 g/mol. The molecule has 196 valence electrons. The van der Waals surface area contributed by atoms with E-state index in [2.05, 4.69) is 5.32 Å². The molecule has 2 aromatic rings.